The minimum absolute atomic E-state index is 0.00217. The maximum absolute atomic E-state index is 10.1. The van der Waals surface area contributed by atoms with Crippen molar-refractivity contribution >= 4 is 38.9 Å². The van der Waals surface area contributed by atoms with Crippen LogP contribution in [0.25, 0.3) is 22.9 Å². The van der Waals surface area contributed by atoms with Gasteiger partial charge in [-0.2, -0.15) is 5.26 Å². The molecule has 3 rings (SSSR count). The van der Waals surface area contributed by atoms with Gasteiger partial charge in [0.25, 0.3) is 0 Å². The SMILES string of the molecule is COc1ccc(/C=C(/C#N)c2nc(-c3ccccc3)cs2)c(Br)c1O. The number of aromatic nitrogens is 1. The normalized spacial score (nSPS) is 11.2. The molecule has 124 valence electrons. The molecule has 0 saturated carbocycles. The van der Waals surface area contributed by atoms with E-state index >= 15 is 0 Å². The number of allylic oxidation sites excluding steroid dienone is 1. The number of nitrogens with zero attached hydrogens (tertiary/aromatic N) is 2. The van der Waals surface area contributed by atoms with E-state index in [9.17, 15) is 10.4 Å². The molecule has 0 unspecified atom stereocenters. The highest BCUT2D eigenvalue weighted by Gasteiger charge is 2.13. The number of halogens is 1. The summed E-state index contributed by atoms with van der Waals surface area (Å²) in [6, 6.07) is 15.4. The molecule has 0 atom stereocenters. The molecule has 0 saturated heterocycles. The molecule has 1 aromatic heterocycles. The molecule has 0 amide bonds. The molecule has 2 aromatic carbocycles. The fourth-order valence-electron chi connectivity index (χ4n) is 2.27. The van der Waals surface area contributed by atoms with E-state index in [1.54, 1.807) is 18.2 Å². The van der Waals surface area contributed by atoms with Crippen LogP contribution < -0.4 is 4.74 Å². The predicted molar refractivity (Wildman–Crippen MR) is 103 cm³/mol. The molecule has 4 nitrogen and oxygen atoms in total. The summed E-state index contributed by atoms with van der Waals surface area (Å²) in [5, 5.41) is 22.2. The highest BCUT2D eigenvalue weighted by Crippen LogP contribution is 2.38. The summed E-state index contributed by atoms with van der Waals surface area (Å²) in [4.78, 5) is 4.56. The van der Waals surface area contributed by atoms with Crippen LogP contribution in [0.3, 0.4) is 0 Å². The van der Waals surface area contributed by atoms with Crippen molar-refractivity contribution in [2.24, 2.45) is 0 Å². The second-order valence-corrected chi connectivity index (χ2v) is 6.74. The van der Waals surface area contributed by atoms with Gasteiger partial charge in [0.15, 0.2) is 11.5 Å². The average Bonchev–Trinajstić information content (AvgIpc) is 3.14. The fraction of sp³-hybridized carbons (Fsp3) is 0.0526. The first-order chi connectivity index (χ1) is 12.1. The van der Waals surface area contributed by atoms with Crippen molar-refractivity contribution in [1.82, 2.24) is 4.98 Å². The number of benzene rings is 2. The minimum Gasteiger partial charge on any atom is -0.503 e. The van der Waals surface area contributed by atoms with E-state index in [4.69, 9.17) is 4.74 Å². The smallest absolute Gasteiger partial charge is 0.172 e. The molecule has 0 aliphatic rings. The zero-order chi connectivity index (χ0) is 17.8. The molecule has 0 radical (unpaired) electrons. The first kappa shape index (κ1) is 17.2. The van der Waals surface area contributed by atoms with Crippen LogP contribution in [0.2, 0.25) is 0 Å². The highest BCUT2D eigenvalue weighted by atomic mass is 79.9. The summed E-state index contributed by atoms with van der Waals surface area (Å²) >= 11 is 4.75. The summed E-state index contributed by atoms with van der Waals surface area (Å²) in [5.41, 5.74) is 2.94. The summed E-state index contributed by atoms with van der Waals surface area (Å²) in [5.74, 6) is 0.362. The van der Waals surface area contributed by atoms with E-state index in [2.05, 4.69) is 27.0 Å². The second-order valence-electron chi connectivity index (χ2n) is 5.09. The minimum atomic E-state index is -0.00217. The van der Waals surface area contributed by atoms with Gasteiger partial charge in [0, 0.05) is 10.9 Å². The lowest BCUT2D eigenvalue weighted by atomic mass is 10.1. The van der Waals surface area contributed by atoms with Gasteiger partial charge in [0.1, 0.15) is 11.1 Å². The quantitative estimate of drug-likeness (QED) is 0.586. The summed E-state index contributed by atoms with van der Waals surface area (Å²) in [6.07, 6.45) is 1.69. The topological polar surface area (TPSA) is 66.1 Å². The highest BCUT2D eigenvalue weighted by molar-refractivity contribution is 9.10. The number of phenols is 1. The molecule has 1 N–H and O–H groups in total. The van der Waals surface area contributed by atoms with Gasteiger partial charge in [0.05, 0.1) is 22.8 Å². The summed E-state index contributed by atoms with van der Waals surface area (Å²) < 4.78 is 5.54. The fourth-order valence-corrected chi connectivity index (χ4v) is 3.51. The van der Waals surface area contributed by atoms with Crippen LogP contribution in [0.5, 0.6) is 11.5 Å². The molecule has 1 heterocycles. The van der Waals surface area contributed by atoms with Crippen LogP contribution >= 0.6 is 27.3 Å². The number of nitriles is 1. The number of ether oxygens (including phenoxy) is 1. The van der Waals surface area contributed by atoms with E-state index in [0.717, 1.165) is 11.3 Å². The Bertz CT molecular complexity index is 975. The zero-order valence-electron chi connectivity index (χ0n) is 13.2. The second kappa shape index (κ2) is 7.51. The van der Waals surface area contributed by atoms with Crippen LogP contribution in [0.15, 0.2) is 52.3 Å². The van der Waals surface area contributed by atoms with Crippen LogP contribution in [0.4, 0.5) is 0 Å². The van der Waals surface area contributed by atoms with Crippen molar-refractivity contribution in [3.8, 4) is 28.8 Å². The van der Waals surface area contributed by atoms with E-state index in [1.807, 2.05) is 35.7 Å². The molecule has 25 heavy (non-hydrogen) atoms. The van der Waals surface area contributed by atoms with Crippen molar-refractivity contribution < 1.29 is 9.84 Å². The van der Waals surface area contributed by atoms with E-state index < -0.39 is 0 Å². The van der Waals surface area contributed by atoms with Gasteiger partial charge in [-0.15, -0.1) is 11.3 Å². The first-order valence-corrected chi connectivity index (χ1v) is 9.00. The molecule has 6 heteroatoms. The number of aromatic hydroxyl groups is 1. The van der Waals surface area contributed by atoms with E-state index in [-0.39, 0.29) is 5.75 Å². The van der Waals surface area contributed by atoms with E-state index in [1.165, 1.54) is 18.4 Å². The molecule has 0 bridgehead atoms. The molecular weight excluding hydrogens is 400 g/mol. The summed E-state index contributed by atoms with van der Waals surface area (Å²) in [6.45, 7) is 0. The number of hydrogen-bond donors (Lipinski definition) is 1. The molecule has 0 fully saturated rings. The van der Waals surface area contributed by atoms with Gasteiger partial charge in [0.2, 0.25) is 0 Å². The predicted octanol–water partition coefficient (Wildman–Crippen LogP) is 5.35. The number of methoxy groups -OCH3 is 1. The Hall–Kier alpha value is -2.62. The van der Waals surface area contributed by atoms with Crippen molar-refractivity contribution in [3.63, 3.8) is 0 Å². The van der Waals surface area contributed by atoms with Gasteiger partial charge >= 0.3 is 0 Å². The third-order valence-corrected chi connectivity index (χ3v) is 5.26. The Balaban J connectivity index is 1.99. The monoisotopic (exact) mass is 412 g/mol. The Morgan fingerprint density at radius 1 is 1.28 bits per heavy atom. The van der Waals surface area contributed by atoms with Crippen molar-refractivity contribution in [2.45, 2.75) is 0 Å². The van der Waals surface area contributed by atoms with Crippen molar-refractivity contribution in [1.29, 1.82) is 5.26 Å². The number of phenolic OH excluding ortho intramolecular Hbond substituents is 1. The van der Waals surface area contributed by atoms with Crippen molar-refractivity contribution in [2.75, 3.05) is 7.11 Å². The van der Waals surface area contributed by atoms with Crippen LogP contribution in [0, 0.1) is 11.3 Å². The maximum atomic E-state index is 10.1. The lowest BCUT2D eigenvalue weighted by Gasteiger charge is -2.07. The van der Waals surface area contributed by atoms with Crippen LogP contribution in [-0.4, -0.2) is 17.2 Å². The number of thiazole rings is 1. The number of rotatable bonds is 4. The summed E-state index contributed by atoms with van der Waals surface area (Å²) in [7, 11) is 1.48. The Morgan fingerprint density at radius 3 is 2.72 bits per heavy atom. The van der Waals surface area contributed by atoms with Gasteiger partial charge in [-0.3, -0.25) is 0 Å². The average molecular weight is 413 g/mol. The van der Waals surface area contributed by atoms with Crippen molar-refractivity contribution in [3.05, 3.63) is 62.9 Å². The third-order valence-electron chi connectivity index (χ3n) is 3.55. The third kappa shape index (κ3) is 3.58. The standard InChI is InChI=1S/C19H13BrN2O2S/c1-24-16-8-7-13(17(20)18(16)23)9-14(10-21)19-22-15(11-25-19)12-5-3-2-4-6-12/h2-9,11,23H,1H3/b14-9-. The van der Waals surface area contributed by atoms with E-state index in [0.29, 0.717) is 26.4 Å². The van der Waals surface area contributed by atoms with Gasteiger partial charge in [-0.1, -0.05) is 30.3 Å². The zero-order valence-corrected chi connectivity index (χ0v) is 15.6. The Labute approximate surface area is 157 Å². The molecule has 3 aromatic rings. The Morgan fingerprint density at radius 2 is 2.04 bits per heavy atom. The Kier molecular flexibility index (Phi) is 5.17. The van der Waals surface area contributed by atoms with Gasteiger partial charge in [-0.25, -0.2) is 4.98 Å². The van der Waals surface area contributed by atoms with Crippen LogP contribution in [0.1, 0.15) is 10.6 Å². The molecule has 0 spiro atoms. The first-order valence-electron chi connectivity index (χ1n) is 7.32. The molecule has 0 aliphatic carbocycles. The lowest BCUT2D eigenvalue weighted by Crippen LogP contribution is -1.87. The largest absolute Gasteiger partial charge is 0.503 e. The maximum Gasteiger partial charge on any atom is 0.172 e. The lowest BCUT2D eigenvalue weighted by molar-refractivity contribution is 0.372. The van der Waals surface area contributed by atoms with Gasteiger partial charge < -0.3 is 9.84 Å². The van der Waals surface area contributed by atoms with Gasteiger partial charge in [-0.05, 0) is 39.7 Å². The molecular formula is C19H13BrN2O2S. The molecule has 0 aliphatic heterocycles. The number of hydrogen-bond acceptors (Lipinski definition) is 5. The van der Waals surface area contributed by atoms with Crippen LogP contribution in [-0.2, 0) is 0 Å².